The van der Waals surface area contributed by atoms with E-state index in [0.29, 0.717) is 6.10 Å². The van der Waals surface area contributed by atoms with Crippen molar-refractivity contribution in [1.29, 1.82) is 0 Å². The van der Waals surface area contributed by atoms with Crippen molar-refractivity contribution in [3.05, 3.63) is 29.2 Å². The molecule has 6 nitrogen and oxygen atoms in total. The first-order chi connectivity index (χ1) is 11.9. The Kier molecular flexibility index (Phi) is 3.48. The van der Waals surface area contributed by atoms with Crippen LogP contribution in [0.25, 0.3) is 10.2 Å². The lowest BCUT2D eigenvalue weighted by molar-refractivity contribution is 0.0940. The number of hydrogen-bond donors (Lipinski definition) is 1. The monoisotopic (exact) mass is 341 g/mol. The molecule has 0 bridgehead atoms. The van der Waals surface area contributed by atoms with Gasteiger partial charge in [0.25, 0.3) is 0 Å². The number of thiophene rings is 1. The molecule has 5 rings (SSSR count). The second-order valence-electron chi connectivity index (χ2n) is 6.47. The average Bonchev–Trinajstić information content (AvgIpc) is 3.32. The summed E-state index contributed by atoms with van der Waals surface area (Å²) in [6.45, 7) is 1.69. The van der Waals surface area contributed by atoms with Crippen LogP contribution in [0.2, 0.25) is 0 Å². The Bertz CT molecular complexity index is 880. The van der Waals surface area contributed by atoms with Crippen molar-refractivity contribution < 1.29 is 4.74 Å². The molecule has 1 unspecified atom stereocenters. The predicted molar refractivity (Wildman–Crippen MR) is 93.9 cm³/mol. The van der Waals surface area contributed by atoms with Crippen LogP contribution < -0.4 is 5.32 Å². The maximum Gasteiger partial charge on any atom is 0.142 e. The highest BCUT2D eigenvalue weighted by Crippen LogP contribution is 2.39. The lowest BCUT2D eigenvalue weighted by Crippen LogP contribution is -2.15. The van der Waals surface area contributed by atoms with E-state index in [9.17, 15) is 0 Å². The number of fused-ring (bicyclic) bond motifs is 3. The van der Waals surface area contributed by atoms with E-state index in [2.05, 4.69) is 20.4 Å². The number of anilines is 2. The first-order valence-electron chi connectivity index (χ1n) is 8.53. The van der Waals surface area contributed by atoms with Crippen molar-refractivity contribution in [2.75, 3.05) is 11.9 Å². The van der Waals surface area contributed by atoms with Crippen LogP contribution >= 0.6 is 11.3 Å². The van der Waals surface area contributed by atoms with Crippen molar-refractivity contribution in [2.24, 2.45) is 0 Å². The number of hydrogen-bond acceptors (Lipinski definition) is 6. The number of aryl methyl sites for hydroxylation is 2. The minimum atomic E-state index is 0.295. The minimum Gasteiger partial charge on any atom is -0.376 e. The molecular formula is C17H19N5OS. The smallest absolute Gasteiger partial charge is 0.142 e. The Hall–Kier alpha value is -1.99. The van der Waals surface area contributed by atoms with Gasteiger partial charge in [0.05, 0.1) is 29.9 Å². The number of ether oxygens (including phenoxy) is 1. The molecule has 1 N–H and O–H groups in total. The molecule has 0 aromatic carbocycles. The van der Waals surface area contributed by atoms with Crippen LogP contribution in [-0.2, 0) is 24.1 Å². The zero-order chi connectivity index (χ0) is 15.9. The molecule has 124 valence electrons. The molecule has 3 aromatic rings. The summed E-state index contributed by atoms with van der Waals surface area (Å²) in [5.74, 6) is 0.899. The summed E-state index contributed by atoms with van der Waals surface area (Å²) in [5.41, 5.74) is 2.40. The summed E-state index contributed by atoms with van der Waals surface area (Å²) < 4.78 is 7.63. The van der Waals surface area contributed by atoms with Crippen LogP contribution in [0.1, 0.15) is 29.7 Å². The molecular weight excluding hydrogens is 322 g/mol. The molecule has 0 saturated carbocycles. The van der Waals surface area contributed by atoms with Crippen molar-refractivity contribution in [2.45, 2.75) is 44.8 Å². The van der Waals surface area contributed by atoms with Crippen LogP contribution in [-0.4, -0.2) is 32.5 Å². The molecule has 1 fully saturated rings. The second kappa shape index (κ2) is 5.82. The highest BCUT2D eigenvalue weighted by atomic mass is 32.1. The van der Waals surface area contributed by atoms with Gasteiger partial charge in [-0.25, -0.2) is 9.97 Å². The molecule has 3 aromatic heterocycles. The van der Waals surface area contributed by atoms with E-state index in [-0.39, 0.29) is 0 Å². The molecule has 7 heteroatoms. The van der Waals surface area contributed by atoms with E-state index in [1.807, 2.05) is 28.4 Å². The van der Waals surface area contributed by atoms with Crippen LogP contribution in [0.4, 0.5) is 11.5 Å². The van der Waals surface area contributed by atoms with Gasteiger partial charge < -0.3 is 10.1 Å². The molecule has 1 aliphatic heterocycles. The van der Waals surface area contributed by atoms with Gasteiger partial charge in [-0.2, -0.15) is 5.10 Å². The van der Waals surface area contributed by atoms with E-state index >= 15 is 0 Å². The Morgan fingerprint density at radius 2 is 2.29 bits per heavy atom. The van der Waals surface area contributed by atoms with E-state index in [1.165, 1.54) is 28.7 Å². The third-order valence-corrected chi connectivity index (χ3v) is 6.01. The lowest BCUT2D eigenvalue weighted by Gasteiger charge is -2.08. The Labute approximate surface area is 143 Å². The quantitative estimate of drug-likeness (QED) is 0.789. The first kappa shape index (κ1) is 14.4. The number of nitrogens with zero attached hydrogens (tertiary/aromatic N) is 4. The Morgan fingerprint density at radius 3 is 3.21 bits per heavy atom. The number of rotatable bonds is 4. The summed E-state index contributed by atoms with van der Waals surface area (Å²) in [6, 6.07) is 0. The van der Waals surface area contributed by atoms with Crippen LogP contribution in [0.5, 0.6) is 0 Å². The van der Waals surface area contributed by atoms with E-state index in [4.69, 9.17) is 4.74 Å². The van der Waals surface area contributed by atoms with Gasteiger partial charge in [0.2, 0.25) is 0 Å². The molecule has 0 amide bonds. The van der Waals surface area contributed by atoms with Crippen molar-refractivity contribution in [3.8, 4) is 0 Å². The summed E-state index contributed by atoms with van der Waals surface area (Å²) >= 11 is 1.81. The fraction of sp³-hybridized carbons (Fsp3) is 0.471. The zero-order valence-corrected chi connectivity index (χ0v) is 14.2. The van der Waals surface area contributed by atoms with E-state index in [0.717, 1.165) is 48.7 Å². The predicted octanol–water partition coefficient (Wildman–Crippen LogP) is 3.30. The molecule has 1 aliphatic carbocycles. The largest absolute Gasteiger partial charge is 0.376 e. The topological polar surface area (TPSA) is 64.9 Å². The van der Waals surface area contributed by atoms with Crippen molar-refractivity contribution >= 4 is 33.1 Å². The molecule has 24 heavy (non-hydrogen) atoms. The molecule has 4 heterocycles. The van der Waals surface area contributed by atoms with Crippen LogP contribution in [0.3, 0.4) is 0 Å². The van der Waals surface area contributed by atoms with Gasteiger partial charge in [-0.1, -0.05) is 0 Å². The highest BCUT2D eigenvalue weighted by Gasteiger charge is 2.21. The first-order valence-corrected chi connectivity index (χ1v) is 9.35. The van der Waals surface area contributed by atoms with Gasteiger partial charge in [0, 0.05) is 17.7 Å². The van der Waals surface area contributed by atoms with Crippen molar-refractivity contribution in [3.63, 3.8) is 0 Å². The number of aromatic nitrogens is 4. The van der Waals surface area contributed by atoms with E-state index < -0.39 is 0 Å². The summed E-state index contributed by atoms with van der Waals surface area (Å²) in [7, 11) is 0. The van der Waals surface area contributed by atoms with Gasteiger partial charge in [-0.3, -0.25) is 4.68 Å². The SMILES string of the molecule is c1nc(Nc2cnn(CC3CCCO3)c2)c2c3c(sc2n1)CCC3. The van der Waals surface area contributed by atoms with E-state index in [1.54, 1.807) is 6.33 Å². The summed E-state index contributed by atoms with van der Waals surface area (Å²) in [5, 5.41) is 9.09. The summed E-state index contributed by atoms with van der Waals surface area (Å²) in [4.78, 5) is 11.5. The number of nitrogens with one attached hydrogen (secondary N) is 1. The van der Waals surface area contributed by atoms with Gasteiger partial charge in [-0.05, 0) is 37.7 Å². The van der Waals surface area contributed by atoms with Gasteiger partial charge >= 0.3 is 0 Å². The minimum absolute atomic E-state index is 0.295. The molecule has 0 radical (unpaired) electrons. The fourth-order valence-electron chi connectivity index (χ4n) is 3.69. The summed E-state index contributed by atoms with van der Waals surface area (Å²) in [6.07, 6.45) is 11.7. The average molecular weight is 341 g/mol. The zero-order valence-electron chi connectivity index (χ0n) is 13.4. The molecule has 2 aliphatic rings. The van der Waals surface area contributed by atoms with Crippen molar-refractivity contribution in [1.82, 2.24) is 19.7 Å². The lowest BCUT2D eigenvalue weighted by atomic mass is 10.2. The van der Waals surface area contributed by atoms with Gasteiger partial charge in [0.15, 0.2) is 0 Å². The van der Waals surface area contributed by atoms with Crippen LogP contribution in [0.15, 0.2) is 18.7 Å². The third kappa shape index (κ3) is 2.48. The maximum atomic E-state index is 5.68. The van der Waals surface area contributed by atoms with Crippen LogP contribution in [0, 0.1) is 0 Å². The maximum absolute atomic E-state index is 5.68. The highest BCUT2D eigenvalue weighted by molar-refractivity contribution is 7.19. The molecule has 0 spiro atoms. The second-order valence-corrected chi connectivity index (χ2v) is 7.55. The van der Waals surface area contributed by atoms with Gasteiger partial charge in [0.1, 0.15) is 17.0 Å². The third-order valence-electron chi connectivity index (χ3n) is 4.81. The standard InChI is InChI=1S/C17H19N5OS/c1-4-13-14(5-1)24-17-15(13)16(18-10-19-17)21-11-7-20-22(8-11)9-12-3-2-6-23-12/h7-8,10,12H,1-6,9H2,(H,18,19,21). The Balaban J connectivity index is 1.41. The fourth-order valence-corrected chi connectivity index (χ4v) is 4.91. The Morgan fingerprint density at radius 1 is 1.29 bits per heavy atom. The molecule has 1 atom stereocenters. The normalized spacial score (nSPS) is 19.9. The van der Waals surface area contributed by atoms with Gasteiger partial charge in [-0.15, -0.1) is 11.3 Å². The molecule has 1 saturated heterocycles.